The van der Waals surface area contributed by atoms with Gasteiger partial charge in [-0.1, -0.05) is 6.58 Å². The summed E-state index contributed by atoms with van der Waals surface area (Å²) in [5.41, 5.74) is 2.99. The molecule has 0 unspecified atom stereocenters. The van der Waals surface area contributed by atoms with E-state index in [1.54, 1.807) is 20.9 Å². The number of carbonyl (C=O) groups is 1. The fourth-order valence-electron chi connectivity index (χ4n) is 0.268. The zero-order valence-corrected chi connectivity index (χ0v) is 7.19. The number of nitrogens with one attached hydrogen (secondary N) is 2. The maximum absolute atomic E-state index is 10.5. The van der Waals surface area contributed by atoms with E-state index in [1.165, 1.54) is 6.21 Å². The summed E-state index contributed by atoms with van der Waals surface area (Å²) in [5, 5.41) is 8.52. The molecule has 0 saturated carbocycles. The van der Waals surface area contributed by atoms with Gasteiger partial charge < -0.3 is 10.7 Å². The molecule has 1 amide bonds. The highest BCUT2D eigenvalue weighted by Crippen LogP contribution is 1.84. The van der Waals surface area contributed by atoms with Gasteiger partial charge in [-0.2, -0.15) is 0 Å². The summed E-state index contributed by atoms with van der Waals surface area (Å²) in [6.45, 7) is 6.63. The van der Waals surface area contributed by atoms with Gasteiger partial charge in [-0.05, 0) is 20.1 Å². The average Bonchev–Trinajstić information content (AvgIpc) is 2.03. The van der Waals surface area contributed by atoms with Gasteiger partial charge in [-0.25, -0.2) is 0 Å². The highest BCUT2D eigenvalue weighted by Gasteiger charge is 1.95. The average molecular weight is 154 g/mol. The molecular formula is C8H14N2O. The molecule has 3 heteroatoms. The first kappa shape index (κ1) is 12.3. The third kappa shape index (κ3) is 8.66. The van der Waals surface area contributed by atoms with Crippen LogP contribution >= 0.6 is 0 Å². The largest absolute Gasteiger partial charge is 0.355 e. The Morgan fingerprint density at radius 3 is 2.18 bits per heavy atom. The van der Waals surface area contributed by atoms with Crippen LogP contribution in [0.3, 0.4) is 0 Å². The van der Waals surface area contributed by atoms with Crippen molar-refractivity contribution >= 4 is 12.1 Å². The Hall–Kier alpha value is -1.34. The van der Waals surface area contributed by atoms with Crippen LogP contribution in [0.15, 0.2) is 17.9 Å². The van der Waals surface area contributed by atoms with E-state index in [1.807, 2.05) is 0 Å². The monoisotopic (exact) mass is 154 g/mol. The minimum Gasteiger partial charge on any atom is -0.355 e. The van der Waals surface area contributed by atoms with Crippen molar-refractivity contribution in [3.8, 4) is 0 Å². The summed E-state index contributed by atoms with van der Waals surface area (Å²) in [4.78, 5) is 10.5. The molecule has 0 fully saturated rings. The minimum atomic E-state index is -0.125. The van der Waals surface area contributed by atoms with Crippen LogP contribution in [0.25, 0.3) is 0 Å². The van der Waals surface area contributed by atoms with Crippen LogP contribution in [-0.4, -0.2) is 19.2 Å². The van der Waals surface area contributed by atoms with Crippen molar-refractivity contribution in [3.63, 3.8) is 0 Å². The minimum absolute atomic E-state index is 0.125. The second kappa shape index (κ2) is 8.66. The zero-order chi connectivity index (χ0) is 9.28. The summed E-state index contributed by atoms with van der Waals surface area (Å²) in [6.07, 6.45) is 1.25. The van der Waals surface area contributed by atoms with Crippen LogP contribution in [0.5, 0.6) is 0 Å². The molecule has 0 aromatic rings. The quantitative estimate of drug-likeness (QED) is 0.332. The Morgan fingerprint density at radius 2 is 2.09 bits per heavy atom. The smallest absolute Gasteiger partial charge is 0.254 e. The summed E-state index contributed by atoms with van der Waals surface area (Å²) >= 11 is 0. The second-order valence-corrected chi connectivity index (χ2v) is 1.67. The van der Waals surface area contributed by atoms with Gasteiger partial charge >= 0.3 is 0 Å². The van der Waals surface area contributed by atoms with Crippen LogP contribution in [0, 0.1) is 5.41 Å². The second-order valence-electron chi connectivity index (χ2n) is 1.67. The predicted octanol–water partition coefficient (Wildman–Crippen LogP) is 1.12. The van der Waals surface area contributed by atoms with E-state index in [-0.39, 0.29) is 5.91 Å². The number of amides is 1. The van der Waals surface area contributed by atoms with E-state index in [4.69, 9.17) is 5.41 Å². The van der Waals surface area contributed by atoms with E-state index in [2.05, 4.69) is 17.6 Å². The van der Waals surface area contributed by atoms with Crippen molar-refractivity contribution in [3.05, 3.63) is 17.9 Å². The Morgan fingerprint density at radius 1 is 1.73 bits per heavy atom. The first-order chi connectivity index (χ1) is 5.13. The lowest BCUT2D eigenvalue weighted by atomic mass is 10.3. The Bertz CT molecular complexity index is 179. The van der Waals surface area contributed by atoms with Gasteiger partial charge in [0.15, 0.2) is 0 Å². The zero-order valence-electron chi connectivity index (χ0n) is 7.19. The van der Waals surface area contributed by atoms with Gasteiger partial charge in [-0.3, -0.25) is 4.79 Å². The first-order valence-corrected chi connectivity index (χ1v) is 3.17. The predicted molar refractivity (Wildman–Crippen MR) is 46.9 cm³/mol. The van der Waals surface area contributed by atoms with Crippen molar-refractivity contribution in [1.29, 1.82) is 5.41 Å². The maximum Gasteiger partial charge on any atom is 0.254 e. The van der Waals surface area contributed by atoms with Gasteiger partial charge in [0, 0.05) is 7.05 Å². The molecule has 2 N–H and O–H groups in total. The summed E-state index contributed by atoms with van der Waals surface area (Å²) in [6, 6.07) is 0. The molecule has 0 bridgehead atoms. The number of carbonyl (C=O) groups excluding carboxylic acids is 1. The van der Waals surface area contributed by atoms with E-state index in [0.717, 1.165) is 0 Å². The Balaban J connectivity index is 0. The SMILES string of the molecule is C=C=C(C)C(=O)NC.CC=N. The van der Waals surface area contributed by atoms with Gasteiger partial charge in [0.1, 0.15) is 0 Å². The number of hydrogen-bond acceptors (Lipinski definition) is 2. The number of likely N-dealkylation sites (N-methyl/N-ethyl adjacent to an activating group) is 1. The van der Waals surface area contributed by atoms with E-state index < -0.39 is 0 Å². The molecule has 0 aliphatic carbocycles. The van der Waals surface area contributed by atoms with Crippen LogP contribution in [-0.2, 0) is 4.79 Å². The summed E-state index contributed by atoms with van der Waals surface area (Å²) < 4.78 is 0. The molecule has 0 aromatic carbocycles. The molecule has 0 heterocycles. The van der Waals surface area contributed by atoms with E-state index in [9.17, 15) is 4.79 Å². The van der Waals surface area contributed by atoms with Crippen molar-refractivity contribution in [2.75, 3.05) is 7.05 Å². The molecule has 0 spiro atoms. The molecule has 0 atom stereocenters. The van der Waals surface area contributed by atoms with Crippen molar-refractivity contribution in [2.24, 2.45) is 0 Å². The molecule has 0 radical (unpaired) electrons. The summed E-state index contributed by atoms with van der Waals surface area (Å²) in [7, 11) is 1.57. The van der Waals surface area contributed by atoms with Gasteiger partial charge in [0.05, 0.1) is 5.57 Å². The van der Waals surface area contributed by atoms with Crippen LogP contribution in [0.1, 0.15) is 13.8 Å². The van der Waals surface area contributed by atoms with E-state index >= 15 is 0 Å². The van der Waals surface area contributed by atoms with Gasteiger partial charge in [-0.15, -0.1) is 5.73 Å². The number of hydrogen-bond donors (Lipinski definition) is 2. The van der Waals surface area contributed by atoms with Crippen molar-refractivity contribution in [1.82, 2.24) is 5.32 Å². The molecule has 0 rings (SSSR count). The van der Waals surface area contributed by atoms with E-state index in [0.29, 0.717) is 5.57 Å². The van der Waals surface area contributed by atoms with Gasteiger partial charge in [0.25, 0.3) is 5.91 Å². The highest BCUT2D eigenvalue weighted by molar-refractivity contribution is 5.92. The maximum atomic E-state index is 10.5. The molecule has 0 aliphatic heterocycles. The Kier molecular flexibility index (Phi) is 9.72. The topological polar surface area (TPSA) is 53.0 Å². The van der Waals surface area contributed by atoms with Crippen LogP contribution in [0.2, 0.25) is 0 Å². The molecule has 62 valence electrons. The highest BCUT2D eigenvalue weighted by atomic mass is 16.1. The fourth-order valence-corrected chi connectivity index (χ4v) is 0.268. The standard InChI is InChI=1S/C6H9NO.C2H5N/c1-4-5(2)6(8)7-3;1-2-3/h1H2,2-3H3,(H,7,8);2-3H,1H3. The molecule has 3 nitrogen and oxygen atoms in total. The molecule has 0 aromatic heterocycles. The molecular weight excluding hydrogens is 140 g/mol. The van der Waals surface area contributed by atoms with Crippen LogP contribution < -0.4 is 5.32 Å². The lowest BCUT2D eigenvalue weighted by molar-refractivity contribution is -0.116. The van der Waals surface area contributed by atoms with Crippen LogP contribution in [0.4, 0.5) is 0 Å². The molecule has 0 aliphatic rings. The van der Waals surface area contributed by atoms with Gasteiger partial charge in [0.2, 0.25) is 0 Å². The third-order valence-corrected chi connectivity index (χ3v) is 0.833. The third-order valence-electron chi connectivity index (χ3n) is 0.833. The number of rotatable bonds is 1. The lowest BCUT2D eigenvalue weighted by Crippen LogP contribution is -2.17. The Labute approximate surface area is 67.3 Å². The molecule has 0 saturated heterocycles. The summed E-state index contributed by atoms with van der Waals surface area (Å²) in [5.74, 6) is -0.125. The fraction of sp³-hybridized carbons (Fsp3) is 0.375. The van der Waals surface area contributed by atoms with Crippen molar-refractivity contribution < 1.29 is 4.79 Å². The lowest BCUT2D eigenvalue weighted by Gasteiger charge is -1.91. The first-order valence-electron chi connectivity index (χ1n) is 3.17. The molecule has 11 heavy (non-hydrogen) atoms. The van der Waals surface area contributed by atoms with Crippen molar-refractivity contribution in [2.45, 2.75) is 13.8 Å². The normalized spacial score (nSPS) is 6.45.